The Morgan fingerprint density at radius 1 is 1.19 bits per heavy atom. The number of nitrogens with zero attached hydrogens (tertiary/aromatic N) is 1. The third-order valence-corrected chi connectivity index (χ3v) is 2.13. The molecule has 2 N–H and O–H groups in total. The monoisotopic (exact) mass is 300 g/mol. The highest BCUT2D eigenvalue weighted by atomic mass is 16.5. The molecule has 0 aromatic heterocycles. The molecule has 0 atom stereocenters. The van der Waals surface area contributed by atoms with Crippen LogP contribution in [0.4, 0.5) is 0 Å². The van der Waals surface area contributed by atoms with Crippen molar-refractivity contribution in [2.45, 2.75) is 20.3 Å². The summed E-state index contributed by atoms with van der Waals surface area (Å²) in [6.45, 7) is 11.8. The molecule has 6 heteroatoms. The quantitative estimate of drug-likeness (QED) is 0.392. The molecule has 0 aliphatic rings. The fourth-order valence-corrected chi connectivity index (χ4v) is 1.01. The van der Waals surface area contributed by atoms with Crippen LogP contribution >= 0.6 is 0 Å². The van der Waals surface area contributed by atoms with E-state index in [2.05, 4.69) is 28.1 Å². The number of esters is 1. The Hall–Kier alpha value is -1.66. The van der Waals surface area contributed by atoms with Gasteiger partial charge in [-0.05, 0) is 40.9 Å². The van der Waals surface area contributed by atoms with Crippen molar-refractivity contribution < 1.29 is 19.4 Å². The summed E-state index contributed by atoms with van der Waals surface area (Å²) in [5.74, 6) is -0.502. The van der Waals surface area contributed by atoms with Gasteiger partial charge in [0.15, 0.2) is 0 Å². The van der Waals surface area contributed by atoms with Crippen molar-refractivity contribution in [1.29, 1.82) is 0 Å². The van der Waals surface area contributed by atoms with Gasteiger partial charge in [0, 0.05) is 17.7 Å². The van der Waals surface area contributed by atoms with E-state index in [1.807, 2.05) is 14.1 Å². The lowest BCUT2D eigenvalue weighted by Gasteiger charge is -2.09. The molecule has 0 radical (unpaired) electrons. The molecule has 0 heterocycles. The Morgan fingerprint density at radius 3 is 2.14 bits per heavy atom. The highest BCUT2D eigenvalue weighted by Crippen LogP contribution is 1.90. The van der Waals surface area contributed by atoms with Crippen molar-refractivity contribution in [2.24, 2.45) is 0 Å². The average Bonchev–Trinajstić information content (AvgIpc) is 2.40. The lowest BCUT2D eigenvalue weighted by atomic mass is 10.3. The van der Waals surface area contributed by atoms with Crippen molar-refractivity contribution in [3.05, 3.63) is 24.3 Å². The number of hydrogen-bond acceptors (Lipinski definition) is 5. The van der Waals surface area contributed by atoms with Gasteiger partial charge in [0.1, 0.15) is 6.61 Å². The number of nitrogens with one attached hydrogen (secondary N) is 1. The fraction of sp³-hybridized carbons (Fsp3) is 0.600. The minimum Gasteiger partial charge on any atom is -0.460 e. The molecule has 21 heavy (non-hydrogen) atoms. The van der Waals surface area contributed by atoms with E-state index in [1.54, 1.807) is 13.8 Å². The first-order valence-electron chi connectivity index (χ1n) is 6.74. The fourth-order valence-electron chi connectivity index (χ4n) is 1.01. The Balaban J connectivity index is 0. The maximum Gasteiger partial charge on any atom is 0.333 e. The predicted molar refractivity (Wildman–Crippen MR) is 83.9 cm³/mol. The highest BCUT2D eigenvalue weighted by molar-refractivity contribution is 5.92. The molecule has 0 rings (SSSR count). The molecule has 0 aromatic rings. The second-order valence-electron chi connectivity index (χ2n) is 4.83. The molecule has 0 aliphatic heterocycles. The Labute approximate surface area is 127 Å². The summed E-state index contributed by atoms with van der Waals surface area (Å²) in [6, 6.07) is 0. The summed E-state index contributed by atoms with van der Waals surface area (Å²) in [7, 11) is 4.03. The third-order valence-electron chi connectivity index (χ3n) is 2.13. The molecule has 1 amide bonds. The van der Waals surface area contributed by atoms with E-state index >= 15 is 0 Å². The molecule has 6 nitrogen and oxygen atoms in total. The van der Waals surface area contributed by atoms with Crippen molar-refractivity contribution in [3.8, 4) is 0 Å². The van der Waals surface area contributed by atoms with Crippen LogP contribution in [0.3, 0.4) is 0 Å². The largest absolute Gasteiger partial charge is 0.460 e. The van der Waals surface area contributed by atoms with E-state index in [0.29, 0.717) is 11.1 Å². The van der Waals surface area contributed by atoms with Gasteiger partial charge in [-0.1, -0.05) is 13.2 Å². The first kappa shape index (κ1) is 21.6. The van der Waals surface area contributed by atoms with Gasteiger partial charge in [0.2, 0.25) is 5.91 Å². The number of rotatable bonds is 8. The van der Waals surface area contributed by atoms with Crippen LogP contribution in [0.15, 0.2) is 24.3 Å². The average molecular weight is 300 g/mol. The summed E-state index contributed by atoms with van der Waals surface area (Å²) in [6.07, 6.45) is 0.978. The standard InChI is InChI=1S/C9H18N2O.C6H10O3/c1-8(2)9(12)10-6-5-7-11(3)4;1-5(2)6(8)9-4-3-7/h1,5-7H2,2-4H3,(H,10,12);7H,1,3-4H2,2H3. The van der Waals surface area contributed by atoms with Crippen LogP contribution < -0.4 is 5.32 Å². The van der Waals surface area contributed by atoms with Crippen molar-refractivity contribution in [2.75, 3.05) is 40.4 Å². The molecule has 0 saturated carbocycles. The van der Waals surface area contributed by atoms with Crippen LogP contribution in [-0.2, 0) is 14.3 Å². The molecule has 0 fully saturated rings. The third kappa shape index (κ3) is 16.3. The number of carbonyl (C=O) groups is 2. The van der Waals surface area contributed by atoms with Gasteiger partial charge >= 0.3 is 5.97 Å². The summed E-state index contributed by atoms with van der Waals surface area (Å²) in [5.41, 5.74) is 0.920. The SMILES string of the molecule is C=C(C)C(=O)NCCCN(C)C.C=C(C)C(=O)OCCO. The van der Waals surface area contributed by atoms with Crippen LogP contribution in [0.5, 0.6) is 0 Å². The van der Waals surface area contributed by atoms with Crippen LogP contribution in [-0.4, -0.2) is 62.3 Å². The molecule has 0 unspecified atom stereocenters. The predicted octanol–water partition coefficient (Wildman–Crippen LogP) is 0.728. The second-order valence-corrected chi connectivity index (χ2v) is 4.83. The molecule has 0 aromatic carbocycles. The van der Waals surface area contributed by atoms with E-state index in [9.17, 15) is 9.59 Å². The van der Waals surface area contributed by atoms with Crippen molar-refractivity contribution in [3.63, 3.8) is 0 Å². The summed E-state index contributed by atoms with van der Waals surface area (Å²) >= 11 is 0. The van der Waals surface area contributed by atoms with Crippen LogP contribution in [0.2, 0.25) is 0 Å². The van der Waals surface area contributed by atoms with Crippen molar-refractivity contribution >= 4 is 11.9 Å². The number of hydrogen-bond donors (Lipinski definition) is 2. The van der Waals surface area contributed by atoms with Gasteiger partial charge in [0.05, 0.1) is 6.61 Å². The van der Waals surface area contributed by atoms with E-state index in [0.717, 1.165) is 19.5 Å². The van der Waals surface area contributed by atoms with E-state index in [4.69, 9.17) is 5.11 Å². The zero-order valence-corrected chi connectivity index (χ0v) is 13.6. The molecular formula is C15H28N2O4. The van der Waals surface area contributed by atoms with Gasteiger partial charge in [0.25, 0.3) is 0 Å². The zero-order chi connectivity index (χ0) is 16.8. The zero-order valence-electron chi connectivity index (χ0n) is 13.6. The Bertz CT molecular complexity index is 352. The number of ether oxygens (including phenoxy) is 1. The van der Waals surface area contributed by atoms with Gasteiger partial charge in [-0.15, -0.1) is 0 Å². The molecule has 0 bridgehead atoms. The minimum atomic E-state index is -0.455. The topological polar surface area (TPSA) is 78.9 Å². The number of aliphatic hydroxyl groups is 1. The van der Waals surface area contributed by atoms with Gasteiger partial charge < -0.3 is 20.1 Å². The van der Waals surface area contributed by atoms with Gasteiger partial charge in [-0.25, -0.2) is 4.79 Å². The lowest BCUT2D eigenvalue weighted by Crippen LogP contribution is -2.27. The van der Waals surface area contributed by atoms with E-state index in [-0.39, 0.29) is 19.1 Å². The van der Waals surface area contributed by atoms with Crippen LogP contribution in [0, 0.1) is 0 Å². The van der Waals surface area contributed by atoms with E-state index < -0.39 is 5.97 Å². The molecule has 122 valence electrons. The lowest BCUT2D eigenvalue weighted by molar-refractivity contribution is -0.139. The number of aliphatic hydroxyl groups excluding tert-OH is 1. The highest BCUT2D eigenvalue weighted by Gasteiger charge is 2.00. The Morgan fingerprint density at radius 2 is 1.76 bits per heavy atom. The molecular weight excluding hydrogens is 272 g/mol. The first-order valence-corrected chi connectivity index (χ1v) is 6.74. The maximum atomic E-state index is 11.0. The normalized spacial score (nSPS) is 9.43. The van der Waals surface area contributed by atoms with Crippen LogP contribution in [0.25, 0.3) is 0 Å². The summed E-state index contributed by atoms with van der Waals surface area (Å²) < 4.78 is 4.46. The molecule has 0 aliphatic carbocycles. The number of carbonyl (C=O) groups excluding carboxylic acids is 2. The smallest absolute Gasteiger partial charge is 0.333 e. The molecule has 0 spiro atoms. The first-order chi connectivity index (χ1) is 9.72. The second kappa shape index (κ2) is 13.3. The maximum absolute atomic E-state index is 11.0. The van der Waals surface area contributed by atoms with E-state index in [1.165, 1.54) is 0 Å². The summed E-state index contributed by atoms with van der Waals surface area (Å²) in [5, 5.41) is 11.0. The van der Waals surface area contributed by atoms with Crippen LogP contribution in [0.1, 0.15) is 20.3 Å². The molecule has 0 saturated heterocycles. The summed E-state index contributed by atoms with van der Waals surface area (Å²) in [4.78, 5) is 23.5. The minimum absolute atomic E-state index is 0.0473. The van der Waals surface area contributed by atoms with Crippen molar-refractivity contribution in [1.82, 2.24) is 10.2 Å². The number of amides is 1. The van der Waals surface area contributed by atoms with Gasteiger partial charge in [-0.2, -0.15) is 0 Å². The Kier molecular flexibility index (Phi) is 13.7. The van der Waals surface area contributed by atoms with Gasteiger partial charge in [-0.3, -0.25) is 4.79 Å².